The zero-order valence-electron chi connectivity index (χ0n) is 24.3. The highest BCUT2D eigenvalue weighted by atomic mass is 35.5. The summed E-state index contributed by atoms with van der Waals surface area (Å²) in [5.74, 6) is 0.664. The fourth-order valence-electron chi connectivity index (χ4n) is 3.99. The number of hydrogen-bond acceptors (Lipinski definition) is 5. The van der Waals surface area contributed by atoms with Crippen LogP contribution in [0.2, 0.25) is 10.0 Å². The lowest BCUT2D eigenvalue weighted by Crippen LogP contribution is -2.26. The van der Waals surface area contributed by atoms with Gasteiger partial charge in [-0.25, -0.2) is 4.99 Å². The number of guanidine groups is 2. The molecule has 0 saturated heterocycles. The number of rotatable bonds is 8. The molecular formula is C31H38Cl2N8O. The second kappa shape index (κ2) is 15.8. The molecule has 0 saturated carbocycles. The number of phenols is 1. The molecule has 0 spiro atoms. The number of hydrogen-bond donors (Lipinski definition) is 5. The third kappa shape index (κ3) is 10.1. The summed E-state index contributed by atoms with van der Waals surface area (Å²) in [4.78, 5) is 14.6. The van der Waals surface area contributed by atoms with Gasteiger partial charge in [-0.05, 0) is 93.7 Å². The number of anilines is 3. The molecule has 0 unspecified atom stereocenters. The van der Waals surface area contributed by atoms with Gasteiger partial charge in [0.15, 0.2) is 0 Å². The van der Waals surface area contributed by atoms with Gasteiger partial charge >= 0.3 is 0 Å². The largest absolute Gasteiger partial charge is 0.508 e. The van der Waals surface area contributed by atoms with E-state index in [0.29, 0.717) is 15.8 Å². The van der Waals surface area contributed by atoms with Crippen LogP contribution in [-0.4, -0.2) is 46.0 Å². The van der Waals surface area contributed by atoms with Crippen LogP contribution in [0.1, 0.15) is 33.3 Å². The number of benzene rings is 3. The number of nitrogens with zero attached hydrogens (tertiary/aromatic N) is 4. The first-order chi connectivity index (χ1) is 20.1. The number of nitrogens with one attached hydrogen (secondary N) is 2. The topological polar surface area (TPSA) is 137 Å². The molecule has 0 radical (unpaired) electrons. The Hall–Kier alpha value is -4.05. The Balaban J connectivity index is 0.000000250. The quantitative estimate of drug-likeness (QED) is 0.0827. The van der Waals surface area contributed by atoms with Gasteiger partial charge in [-0.2, -0.15) is 4.99 Å². The SMILES string of the molecule is CC(C)N=C(N)N=C(N)Nc1ccc(Cl)cc1.CCN(CC)Cc1cc(Nc2ccnc3cc(Cl)ccc23)ccc1O. The predicted octanol–water partition coefficient (Wildman–Crippen LogP) is 6.97. The Morgan fingerprint density at radius 3 is 2.26 bits per heavy atom. The van der Waals surface area contributed by atoms with Gasteiger partial charge in [0.2, 0.25) is 11.9 Å². The van der Waals surface area contributed by atoms with Gasteiger partial charge < -0.3 is 27.2 Å². The van der Waals surface area contributed by atoms with Crippen molar-refractivity contribution in [2.45, 2.75) is 40.3 Å². The number of fused-ring (bicyclic) bond motifs is 1. The molecule has 11 heteroatoms. The van der Waals surface area contributed by atoms with Gasteiger partial charge in [0, 0.05) is 56.8 Å². The Kier molecular flexibility index (Phi) is 12.2. The van der Waals surface area contributed by atoms with Crippen LogP contribution in [0.15, 0.2) is 82.9 Å². The van der Waals surface area contributed by atoms with Crippen LogP contribution in [0.5, 0.6) is 5.75 Å². The third-order valence-electron chi connectivity index (χ3n) is 6.09. The van der Waals surface area contributed by atoms with E-state index >= 15 is 0 Å². The highest BCUT2D eigenvalue weighted by Crippen LogP contribution is 2.29. The monoisotopic (exact) mass is 608 g/mol. The lowest BCUT2D eigenvalue weighted by Gasteiger charge is -2.19. The van der Waals surface area contributed by atoms with E-state index in [1.807, 2.05) is 50.2 Å². The van der Waals surface area contributed by atoms with E-state index in [1.54, 1.807) is 36.5 Å². The lowest BCUT2D eigenvalue weighted by atomic mass is 10.1. The van der Waals surface area contributed by atoms with E-state index in [1.165, 1.54) is 0 Å². The van der Waals surface area contributed by atoms with Crippen LogP contribution in [0.25, 0.3) is 10.9 Å². The molecule has 4 rings (SSSR count). The molecule has 0 aliphatic rings. The normalized spacial score (nSPS) is 11.9. The van der Waals surface area contributed by atoms with E-state index in [-0.39, 0.29) is 18.0 Å². The van der Waals surface area contributed by atoms with E-state index in [4.69, 9.17) is 34.7 Å². The molecule has 7 N–H and O–H groups in total. The highest BCUT2D eigenvalue weighted by Gasteiger charge is 2.09. The Morgan fingerprint density at radius 2 is 1.60 bits per heavy atom. The molecule has 0 bridgehead atoms. The van der Waals surface area contributed by atoms with Crippen LogP contribution in [0.4, 0.5) is 17.1 Å². The van der Waals surface area contributed by atoms with Crippen LogP contribution in [0, 0.1) is 0 Å². The van der Waals surface area contributed by atoms with Crippen molar-refractivity contribution < 1.29 is 5.11 Å². The summed E-state index contributed by atoms with van der Waals surface area (Å²) in [5, 5.41) is 18.8. The highest BCUT2D eigenvalue weighted by molar-refractivity contribution is 6.31. The van der Waals surface area contributed by atoms with Crippen LogP contribution in [0.3, 0.4) is 0 Å². The van der Waals surface area contributed by atoms with Crippen LogP contribution in [-0.2, 0) is 6.54 Å². The van der Waals surface area contributed by atoms with Crippen molar-refractivity contribution >= 4 is 63.1 Å². The maximum Gasteiger partial charge on any atom is 0.218 e. The molecule has 0 aliphatic carbocycles. The summed E-state index contributed by atoms with van der Waals surface area (Å²) in [7, 11) is 0. The molecule has 42 heavy (non-hydrogen) atoms. The standard InChI is InChI=1S/C20H22ClN3O.C11H16ClN5/c1-3-24(4-2)13-14-11-16(6-8-20(14)25)23-18-9-10-22-19-12-15(21)5-7-17(18)19;1-7(2)15-10(13)17-11(14)16-9-5-3-8(12)4-6-9/h5-12,25H,3-4,13H2,1-2H3,(H,22,23);3-7H,1-2H3,(H5,13,14,15,16,17). The maximum absolute atomic E-state index is 10.2. The number of nitrogens with two attached hydrogens (primary N) is 2. The van der Waals surface area contributed by atoms with Crippen molar-refractivity contribution in [3.05, 3.63) is 88.5 Å². The lowest BCUT2D eigenvalue weighted by molar-refractivity contribution is 0.291. The van der Waals surface area contributed by atoms with Crippen molar-refractivity contribution in [3.8, 4) is 5.75 Å². The van der Waals surface area contributed by atoms with Gasteiger partial charge in [-0.3, -0.25) is 9.88 Å². The third-order valence-corrected chi connectivity index (χ3v) is 6.58. The molecule has 4 aromatic rings. The first-order valence-corrected chi connectivity index (χ1v) is 14.4. The zero-order valence-corrected chi connectivity index (χ0v) is 25.8. The molecule has 9 nitrogen and oxygen atoms in total. The van der Waals surface area contributed by atoms with E-state index in [0.717, 1.165) is 53.2 Å². The zero-order chi connectivity index (χ0) is 30.6. The summed E-state index contributed by atoms with van der Waals surface area (Å²) in [5.41, 5.74) is 15.7. The minimum Gasteiger partial charge on any atom is -0.508 e. The molecular weight excluding hydrogens is 571 g/mol. The van der Waals surface area contributed by atoms with Gasteiger partial charge in [-0.1, -0.05) is 37.0 Å². The molecule has 0 fully saturated rings. The summed E-state index contributed by atoms with van der Waals surface area (Å²) in [6, 6.07) is 20.4. The van der Waals surface area contributed by atoms with E-state index in [2.05, 4.69) is 44.3 Å². The van der Waals surface area contributed by atoms with E-state index in [9.17, 15) is 5.11 Å². The van der Waals surface area contributed by atoms with Crippen molar-refractivity contribution in [1.29, 1.82) is 0 Å². The van der Waals surface area contributed by atoms with Gasteiger partial charge in [-0.15, -0.1) is 0 Å². The Labute approximate surface area is 257 Å². The molecule has 0 aliphatic heterocycles. The molecule has 1 heterocycles. The predicted molar refractivity (Wildman–Crippen MR) is 178 cm³/mol. The molecule has 1 aromatic heterocycles. The van der Waals surface area contributed by atoms with Crippen molar-refractivity contribution in [1.82, 2.24) is 9.88 Å². The van der Waals surface area contributed by atoms with Crippen molar-refractivity contribution in [2.24, 2.45) is 21.5 Å². The first kappa shape index (κ1) is 32.5. The number of phenolic OH excluding ortho intramolecular Hbond substituents is 1. The number of halogens is 2. The van der Waals surface area contributed by atoms with Crippen molar-refractivity contribution in [2.75, 3.05) is 23.7 Å². The summed E-state index contributed by atoms with van der Waals surface area (Å²) in [6.07, 6.45) is 1.76. The number of aromatic nitrogens is 1. The molecule has 222 valence electrons. The fraction of sp³-hybridized carbons (Fsp3) is 0.258. The average Bonchev–Trinajstić information content (AvgIpc) is 2.94. The van der Waals surface area contributed by atoms with Gasteiger partial charge in [0.05, 0.1) is 5.52 Å². The minimum atomic E-state index is 0.0853. The van der Waals surface area contributed by atoms with Gasteiger partial charge in [0.25, 0.3) is 0 Å². The number of aliphatic imine (C=N–C) groups is 2. The number of aromatic hydroxyl groups is 1. The fourth-order valence-corrected chi connectivity index (χ4v) is 4.28. The smallest absolute Gasteiger partial charge is 0.218 e. The summed E-state index contributed by atoms with van der Waals surface area (Å²) < 4.78 is 0. The second-order valence-electron chi connectivity index (χ2n) is 9.66. The summed E-state index contributed by atoms with van der Waals surface area (Å²) >= 11 is 11.8. The number of pyridine rings is 1. The minimum absolute atomic E-state index is 0.0853. The Bertz CT molecular complexity index is 1520. The first-order valence-electron chi connectivity index (χ1n) is 13.6. The Morgan fingerprint density at radius 1 is 0.929 bits per heavy atom. The average molecular weight is 610 g/mol. The molecule has 0 atom stereocenters. The van der Waals surface area contributed by atoms with Crippen LogP contribution < -0.4 is 22.1 Å². The van der Waals surface area contributed by atoms with Crippen molar-refractivity contribution in [3.63, 3.8) is 0 Å². The second-order valence-corrected chi connectivity index (χ2v) is 10.5. The maximum atomic E-state index is 10.2. The van der Waals surface area contributed by atoms with Crippen LogP contribution >= 0.6 is 23.2 Å². The molecule has 0 amide bonds. The molecule has 3 aromatic carbocycles. The van der Waals surface area contributed by atoms with Gasteiger partial charge in [0.1, 0.15) is 5.75 Å². The summed E-state index contributed by atoms with van der Waals surface area (Å²) in [6.45, 7) is 10.7. The van der Waals surface area contributed by atoms with E-state index < -0.39 is 0 Å².